The van der Waals surface area contributed by atoms with E-state index in [0.29, 0.717) is 11.9 Å². The van der Waals surface area contributed by atoms with Crippen LogP contribution in [0, 0.1) is 0 Å². The standard InChI is InChI=1S/C15H29NO2S/c1-4-7-11-19-13-9-8-10-15(12-13,16-5-2)14(17)18-6-3/h13,16H,4-12H2,1-3H3. The van der Waals surface area contributed by atoms with Crippen molar-refractivity contribution in [3.05, 3.63) is 0 Å². The molecule has 0 radical (unpaired) electrons. The van der Waals surface area contributed by atoms with Crippen LogP contribution in [0.15, 0.2) is 0 Å². The van der Waals surface area contributed by atoms with Gasteiger partial charge in [-0.25, -0.2) is 0 Å². The van der Waals surface area contributed by atoms with Crippen molar-refractivity contribution in [2.45, 2.75) is 70.1 Å². The van der Waals surface area contributed by atoms with E-state index in [0.717, 1.165) is 25.8 Å². The topological polar surface area (TPSA) is 38.3 Å². The van der Waals surface area contributed by atoms with Crippen LogP contribution in [-0.2, 0) is 9.53 Å². The summed E-state index contributed by atoms with van der Waals surface area (Å²) in [6.07, 6.45) is 6.72. The molecule has 0 heterocycles. The number of likely N-dealkylation sites (N-methyl/N-ethyl adjacent to an activating group) is 1. The third kappa shape index (κ3) is 4.99. The van der Waals surface area contributed by atoms with E-state index in [4.69, 9.17) is 4.74 Å². The Kier molecular flexibility index (Phi) is 7.84. The van der Waals surface area contributed by atoms with Crippen molar-refractivity contribution in [1.29, 1.82) is 0 Å². The second-order valence-electron chi connectivity index (χ2n) is 5.28. The normalized spacial score (nSPS) is 27.2. The van der Waals surface area contributed by atoms with Gasteiger partial charge in [0, 0.05) is 5.25 Å². The molecule has 0 saturated heterocycles. The van der Waals surface area contributed by atoms with E-state index in [1.54, 1.807) is 0 Å². The molecule has 0 bridgehead atoms. The Bertz CT molecular complexity index is 269. The molecule has 0 spiro atoms. The Balaban J connectivity index is 2.61. The molecule has 1 N–H and O–H groups in total. The van der Waals surface area contributed by atoms with Gasteiger partial charge in [-0.05, 0) is 51.3 Å². The SMILES string of the molecule is CCCCSC1CCCC(NCC)(C(=O)OCC)C1. The second-order valence-corrected chi connectivity index (χ2v) is 6.68. The maximum atomic E-state index is 12.3. The summed E-state index contributed by atoms with van der Waals surface area (Å²) in [7, 11) is 0. The van der Waals surface area contributed by atoms with Crippen LogP contribution in [-0.4, -0.2) is 35.7 Å². The number of nitrogens with one attached hydrogen (secondary N) is 1. The molecule has 2 atom stereocenters. The number of hydrogen-bond acceptors (Lipinski definition) is 4. The van der Waals surface area contributed by atoms with Gasteiger partial charge in [0.15, 0.2) is 0 Å². The van der Waals surface area contributed by atoms with E-state index in [1.165, 1.54) is 25.0 Å². The Morgan fingerprint density at radius 2 is 2.21 bits per heavy atom. The first-order valence-corrected chi connectivity index (χ1v) is 8.77. The number of carbonyl (C=O) groups excluding carboxylic acids is 1. The number of thioether (sulfide) groups is 1. The summed E-state index contributed by atoms with van der Waals surface area (Å²) in [4.78, 5) is 12.3. The van der Waals surface area contributed by atoms with E-state index in [9.17, 15) is 4.79 Å². The highest BCUT2D eigenvalue weighted by atomic mass is 32.2. The molecule has 1 rings (SSSR count). The third-order valence-corrected chi connectivity index (χ3v) is 5.14. The lowest BCUT2D eigenvalue weighted by atomic mass is 9.81. The maximum Gasteiger partial charge on any atom is 0.326 e. The zero-order chi connectivity index (χ0) is 14.1. The zero-order valence-electron chi connectivity index (χ0n) is 12.7. The van der Waals surface area contributed by atoms with E-state index in [2.05, 4.69) is 19.2 Å². The van der Waals surface area contributed by atoms with Gasteiger partial charge < -0.3 is 10.1 Å². The van der Waals surface area contributed by atoms with Gasteiger partial charge in [-0.3, -0.25) is 4.79 Å². The molecule has 2 unspecified atom stereocenters. The monoisotopic (exact) mass is 287 g/mol. The summed E-state index contributed by atoms with van der Waals surface area (Å²) in [5.41, 5.74) is -0.424. The maximum absolute atomic E-state index is 12.3. The highest BCUT2D eigenvalue weighted by molar-refractivity contribution is 7.99. The molecule has 19 heavy (non-hydrogen) atoms. The first kappa shape index (κ1) is 16.8. The summed E-state index contributed by atoms with van der Waals surface area (Å²) in [5, 5.41) is 4.02. The third-order valence-electron chi connectivity index (χ3n) is 3.74. The summed E-state index contributed by atoms with van der Waals surface area (Å²) in [6, 6.07) is 0. The Labute approximate surface area is 122 Å². The highest BCUT2D eigenvalue weighted by Gasteiger charge is 2.43. The van der Waals surface area contributed by atoms with E-state index >= 15 is 0 Å². The van der Waals surface area contributed by atoms with Crippen LogP contribution in [0.5, 0.6) is 0 Å². The number of ether oxygens (including phenoxy) is 1. The predicted molar refractivity (Wildman–Crippen MR) is 82.7 cm³/mol. The molecule has 0 aromatic rings. The summed E-state index contributed by atoms with van der Waals surface area (Å²) in [6.45, 7) is 7.47. The van der Waals surface area contributed by atoms with Gasteiger partial charge >= 0.3 is 5.97 Å². The van der Waals surface area contributed by atoms with Crippen molar-refractivity contribution in [3.8, 4) is 0 Å². The van der Waals surface area contributed by atoms with Gasteiger partial charge in [0.05, 0.1) is 6.61 Å². The van der Waals surface area contributed by atoms with E-state index in [1.807, 2.05) is 18.7 Å². The molecule has 3 nitrogen and oxygen atoms in total. The molecular weight excluding hydrogens is 258 g/mol. The van der Waals surface area contributed by atoms with Gasteiger partial charge in [-0.15, -0.1) is 0 Å². The molecule has 4 heteroatoms. The average molecular weight is 287 g/mol. The zero-order valence-corrected chi connectivity index (χ0v) is 13.5. The molecule has 112 valence electrons. The molecule has 1 saturated carbocycles. The molecule has 1 aliphatic rings. The average Bonchev–Trinajstić information content (AvgIpc) is 2.40. The molecule has 0 aliphatic heterocycles. The Morgan fingerprint density at radius 1 is 1.42 bits per heavy atom. The Hall–Kier alpha value is -0.220. The van der Waals surface area contributed by atoms with Crippen LogP contribution >= 0.6 is 11.8 Å². The van der Waals surface area contributed by atoms with Gasteiger partial charge in [0.1, 0.15) is 5.54 Å². The highest BCUT2D eigenvalue weighted by Crippen LogP contribution is 2.36. The lowest BCUT2D eigenvalue weighted by Gasteiger charge is -2.39. The van der Waals surface area contributed by atoms with Gasteiger partial charge in [0.25, 0.3) is 0 Å². The number of unbranched alkanes of at least 4 members (excludes halogenated alkanes) is 1. The van der Waals surface area contributed by atoms with Gasteiger partial charge in [0.2, 0.25) is 0 Å². The van der Waals surface area contributed by atoms with Crippen molar-refractivity contribution in [3.63, 3.8) is 0 Å². The first-order chi connectivity index (χ1) is 9.18. The smallest absolute Gasteiger partial charge is 0.326 e. The minimum Gasteiger partial charge on any atom is -0.465 e. The van der Waals surface area contributed by atoms with Gasteiger partial charge in [-0.1, -0.05) is 20.3 Å². The van der Waals surface area contributed by atoms with Crippen LogP contribution in [0.1, 0.15) is 59.3 Å². The fraction of sp³-hybridized carbons (Fsp3) is 0.933. The lowest BCUT2D eigenvalue weighted by molar-refractivity contribution is -0.152. The van der Waals surface area contributed by atoms with E-state index < -0.39 is 5.54 Å². The van der Waals surface area contributed by atoms with Crippen LogP contribution in [0.4, 0.5) is 0 Å². The molecule has 0 amide bonds. The Morgan fingerprint density at radius 3 is 2.84 bits per heavy atom. The summed E-state index contributed by atoms with van der Waals surface area (Å²) >= 11 is 2.04. The molecule has 1 fully saturated rings. The molecular formula is C15H29NO2S. The lowest BCUT2D eigenvalue weighted by Crippen LogP contribution is -2.56. The number of rotatable bonds is 8. The molecule has 1 aliphatic carbocycles. The van der Waals surface area contributed by atoms with Crippen LogP contribution in [0.3, 0.4) is 0 Å². The molecule has 0 aromatic heterocycles. The van der Waals surface area contributed by atoms with Crippen molar-refractivity contribution in [2.75, 3.05) is 18.9 Å². The number of hydrogen-bond donors (Lipinski definition) is 1. The number of carbonyl (C=O) groups is 1. The largest absolute Gasteiger partial charge is 0.465 e. The predicted octanol–water partition coefficient (Wildman–Crippen LogP) is 3.37. The van der Waals surface area contributed by atoms with Crippen LogP contribution in [0.2, 0.25) is 0 Å². The van der Waals surface area contributed by atoms with Gasteiger partial charge in [-0.2, -0.15) is 11.8 Å². The minimum absolute atomic E-state index is 0.0439. The van der Waals surface area contributed by atoms with Crippen molar-refractivity contribution in [1.82, 2.24) is 5.32 Å². The van der Waals surface area contributed by atoms with Crippen molar-refractivity contribution in [2.24, 2.45) is 0 Å². The van der Waals surface area contributed by atoms with Crippen molar-refractivity contribution < 1.29 is 9.53 Å². The summed E-state index contributed by atoms with van der Waals surface area (Å²) in [5.74, 6) is 1.17. The first-order valence-electron chi connectivity index (χ1n) is 7.72. The van der Waals surface area contributed by atoms with Crippen LogP contribution in [0.25, 0.3) is 0 Å². The van der Waals surface area contributed by atoms with Crippen molar-refractivity contribution >= 4 is 17.7 Å². The minimum atomic E-state index is -0.424. The summed E-state index contributed by atoms with van der Waals surface area (Å²) < 4.78 is 5.30. The second kappa shape index (κ2) is 8.85. The molecule has 0 aromatic carbocycles. The quantitative estimate of drug-likeness (QED) is 0.549. The van der Waals surface area contributed by atoms with E-state index in [-0.39, 0.29) is 5.97 Å². The number of esters is 1. The van der Waals surface area contributed by atoms with Crippen LogP contribution < -0.4 is 5.32 Å². The fourth-order valence-electron chi connectivity index (χ4n) is 2.79. The fourth-order valence-corrected chi connectivity index (χ4v) is 4.31.